The van der Waals surface area contributed by atoms with Crippen molar-refractivity contribution in [3.63, 3.8) is 0 Å². The van der Waals surface area contributed by atoms with Gasteiger partial charge in [-0.1, -0.05) is 24.3 Å². The number of nitrogens with zero attached hydrogens (tertiary/aromatic N) is 2. The summed E-state index contributed by atoms with van der Waals surface area (Å²) in [6, 6.07) is 15.4. The first-order valence-corrected chi connectivity index (χ1v) is 7.28. The van der Waals surface area contributed by atoms with E-state index in [1.807, 2.05) is 0 Å². The first kappa shape index (κ1) is 11.1. The molecule has 5 rings (SSSR count). The maximum absolute atomic E-state index is 2.33. The van der Waals surface area contributed by atoms with Crippen LogP contribution in [0.3, 0.4) is 0 Å². The summed E-state index contributed by atoms with van der Waals surface area (Å²) in [4.78, 5) is 0. The maximum Gasteiger partial charge on any atom is 0.238 e. The molecule has 21 heavy (non-hydrogen) atoms. The second kappa shape index (κ2) is 3.53. The van der Waals surface area contributed by atoms with Gasteiger partial charge in [-0.25, -0.2) is 0 Å². The molecule has 0 N–H and O–H groups in total. The zero-order valence-electron chi connectivity index (χ0n) is 12.1. The monoisotopic (exact) mass is 271 g/mol. The number of rotatable bonds is 0. The summed E-state index contributed by atoms with van der Waals surface area (Å²) in [5.41, 5.74) is 5.26. The lowest BCUT2D eigenvalue weighted by Crippen LogP contribution is -2.28. The summed E-state index contributed by atoms with van der Waals surface area (Å²) >= 11 is 0. The van der Waals surface area contributed by atoms with Gasteiger partial charge in [-0.3, -0.25) is 0 Å². The van der Waals surface area contributed by atoms with Crippen molar-refractivity contribution in [2.24, 2.45) is 7.05 Å². The summed E-state index contributed by atoms with van der Waals surface area (Å²) in [6.45, 7) is 2.21. The lowest BCUT2D eigenvalue weighted by Gasteiger charge is -2.12. The summed E-state index contributed by atoms with van der Waals surface area (Å²) in [5, 5.41) is 5.35. The van der Waals surface area contributed by atoms with Gasteiger partial charge in [-0.15, -0.1) is 0 Å². The van der Waals surface area contributed by atoms with Crippen molar-refractivity contribution in [2.45, 2.75) is 6.92 Å². The van der Waals surface area contributed by atoms with Crippen LogP contribution in [-0.4, -0.2) is 4.40 Å². The van der Waals surface area contributed by atoms with E-state index in [1.165, 1.54) is 43.7 Å². The predicted octanol–water partition coefficient (Wildman–Crippen LogP) is 3.97. The van der Waals surface area contributed by atoms with Gasteiger partial charge in [0, 0.05) is 23.0 Å². The van der Waals surface area contributed by atoms with Crippen molar-refractivity contribution in [3.05, 3.63) is 60.4 Å². The van der Waals surface area contributed by atoms with Gasteiger partial charge in [-0.05, 0) is 30.0 Å². The molecule has 0 aliphatic rings. The Hall–Kier alpha value is -2.61. The van der Waals surface area contributed by atoms with Gasteiger partial charge in [0.15, 0.2) is 6.20 Å². The van der Waals surface area contributed by atoms with Crippen molar-refractivity contribution in [3.8, 4) is 0 Å². The Morgan fingerprint density at radius 2 is 1.81 bits per heavy atom. The third kappa shape index (κ3) is 1.21. The third-order valence-electron chi connectivity index (χ3n) is 4.70. The Morgan fingerprint density at radius 1 is 0.905 bits per heavy atom. The van der Waals surface area contributed by atoms with Gasteiger partial charge < -0.3 is 4.40 Å². The number of aromatic nitrogens is 2. The fourth-order valence-electron chi connectivity index (χ4n) is 3.73. The normalized spacial score (nSPS) is 12.3. The van der Waals surface area contributed by atoms with Gasteiger partial charge in [0.1, 0.15) is 12.6 Å². The Morgan fingerprint density at radius 3 is 2.71 bits per heavy atom. The molecule has 2 heteroatoms. The second-order valence-corrected chi connectivity index (χ2v) is 5.90. The van der Waals surface area contributed by atoms with Crippen LogP contribution in [0.5, 0.6) is 0 Å². The average molecular weight is 271 g/mol. The molecule has 0 amide bonds. The van der Waals surface area contributed by atoms with Gasteiger partial charge in [0.2, 0.25) is 5.52 Å². The zero-order chi connectivity index (χ0) is 14.1. The Balaban J connectivity index is 2.34. The molecule has 0 fully saturated rings. The minimum Gasteiger partial charge on any atom is -0.310 e. The zero-order valence-corrected chi connectivity index (χ0v) is 12.1. The first-order valence-electron chi connectivity index (χ1n) is 7.28. The van der Waals surface area contributed by atoms with Crippen molar-refractivity contribution in [1.82, 2.24) is 4.40 Å². The van der Waals surface area contributed by atoms with E-state index in [1.54, 1.807) is 0 Å². The Labute approximate surface area is 122 Å². The average Bonchev–Trinajstić information content (AvgIpc) is 2.92. The second-order valence-electron chi connectivity index (χ2n) is 5.90. The van der Waals surface area contributed by atoms with Crippen molar-refractivity contribution in [1.29, 1.82) is 0 Å². The van der Waals surface area contributed by atoms with Crippen LogP contribution in [0.2, 0.25) is 0 Å². The molecule has 0 saturated heterocycles. The van der Waals surface area contributed by atoms with Gasteiger partial charge >= 0.3 is 0 Å². The van der Waals surface area contributed by atoms with Crippen LogP contribution in [0.25, 0.3) is 38.1 Å². The van der Waals surface area contributed by atoms with Crippen LogP contribution in [0.15, 0.2) is 54.9 Å². The first-order chi connectivity index (χ1) is 10.3. The fraction of sp³-hybridized carbons (Fsp3) is 0.105. The van der Waals surface area contributed by atoms with E-state index < -0.39 is 0 Å². The summed E-state index contributed by atoms with van der Waals surface area (Å²) in [5.74, 6) is 0. The van der Waals surface area contributed by atoms with Crippen LogP contribution in [0, 0.1) is 6.92 Å². The molecule has 5 aromatic rings. The lowest BCUT2D eigenvalue weighted by molar-refractivity contribution is -0.644. The number of benzene rings is 2. The molecule has 0 bridgehead atoms. The fourth-order valence-corrected chi connectivity index (χ4v) is 3.73. The molecule has 0 aliphatic carbocycles. The number of fused-ring (bicyclic) bond motifs is 2. The molecule has 0 radical (unpaired) electrons. The number of hydrogen-bond donors (Lipinski definition) is 0. The van der Waals surface area contributed by atoms with E-state index in [9.17, 15) is 0 Å². The van der Waals surface area contributed by atoms with Crippen LogP contribution in [0.4, 0.5) is 0 Å². The molecule has 0 saturated carbocycles. The lowest BCUT2D eigenvalue weighted by atomic mass is 9.98. The van der Waals surface area contributed by atoms with E-state index in [4.69, 9.17) is 0 Å². The largest absolute Gasteiger partial charge is 0.310 e. The summed E-state index contributed by atoms with van der Waals surface area (Å²) in [6.07, 6.45) is 4.35. The molecule has 100 valence electrons. The smallest absolute Gasteiger partial charge is 0.238 e. The summed E-state index contributed by atoms with van der Waals surface area (Å²) in [7, 11) is 2.14. The molecular weight excluding hydrogens is 256 g/mol. The molecule has 0 spiro atoms. The van der Waals surface area contributed by atoms with Crippen molar-refractivity contribution >= 4 is 38.1 Å². The van der Waals surface area contributed by atoms with E-state index in [0.29, 0.717) is 0 Å². The molecule has 2 aromatic carbocycles. The minimum atomic E-state index is 1.29. The van der Waals surface area contributed by atoms with E-state index in [0.717, 1.165) is 0 Å². The van der Waals surface area contributed by atoms with Crippen LogP contribution in [-0.2, 0) is 7.05 Å². The van der Waals surface area contributed by atoms with Gasteiger partial charge in [0.25, 0.3) is 0 Å². The quantitative estimate of drug-likeness (QED) is 0.229. The van der Waals surface area contributed by atoms with Crippen LogP contribution < -0.4 is 4.57 Å². The standard InChI is InChI=1S/C19H15N2/c1-12-6-7-13-4-3-5-15-17(13)16(12)19-18-14(8-10-20(19)2)9-11-21(15)18/h3-11H,1-2H3/q+1. The topological polar surface area (TPSA) is 8.29 Å². The number of hydrogen-bond acceptors (Lipinski definition) is 0. The molecule has 0 aliphatic heterocycles. The highest BCUT2D eigenvalue weighted by atomic mass is 15.0. The van der Waals surface area contributed by atoms with Crippen molar-refractivity contribution in [2.75, 3.05) is 0 Å². The van der Waals surface area contributed by atoms with Crippen molar-refractivity contribution < 1.29 is 4.57 Å². The van der Waals surface area contributed by atoms with E-state index in [-0.39, 0.29) is 0 Å². The van der Waals surface area contributed by atoms with E-state index >= 15 is 0 Å². The van der Waals surface area contributed by atoms with Crippen LogP contribution in [0.1, 0.15) is 5.56 Å². The molecule has 0 atom stereocenters. The maximum atomic E-state index is 2.33. The number of aryl methyl sites for hydroxylation is 2. The van der Waals surface area contributed by atoms with Crippen LogP contribution >= 0.6 is 0 Å². The van der Waals surface area contributed by atoms with Gasteiger partial charge in [0.05, 0.1) is 10.9 Å². The van der Waals surface area contributed by atoms with E-state index in [2.05, 4.69) is 77.8 Å². The Bertz CT molecular complexity index is 1150. The third-order valence-corrected chi connectivity index (χ3v) is 4.70. The summed E-state index contributed by atoms with van der Waals surface area (Å²) < 4.78 is 4.58. The molecule has 3 aromatic heterocycles. The highest BCUT2D eigenvalue weighted by Crippen LogP contribution is 2.35. The van der Waals surface area contributed by atoms with Gasteiger partial charge in [-0.2, -0.15) is 4.57 Å². The highest BCUT2D eigenvalue weighted by Gasteiger charge is 2.20. The SMILES string of the molecule is Cc1ccc2cccc3c2c1c1c2c(ccn32)cc[n+]1C. The molecule has 0 unspecified atom stereocenters. The predicted molar refractivity (Wildman–Crippen MR) is 87.0 cm³/mol. The molecular formula is C19H15N2+. The highest BCUT2D eigenvalue weighted by molar-refractivity contribution is 6.20. The Kier molecular flexibility index (Phi) is 1.86. The minimum absolute atomic E-state index is 1.29. The molecule has 2 nitrogen and oxygen atoms in total. The number of pyridine rings is 2. The molecule has 3 heterocycles.